The summed E-state index contributed by atoms with van der Waals surface area (Å²) < 4.78 is 0. The minimum Gasteiger partial charge on any atom is -0.330 e. The molecule has 0 atom stereocenters. The molecule has 2 saturated carbocycles. The summed E-state index contributed by atoms with van der Waals surface area (Å²) in [5.74, 6) is 0. The Morgan fingerprint density at radius 3 is 2.56 bits per heavy atom. The summed E-state index contributed by atoms with van der Waals surface area (Å²) in [6.07, 6.45) is 6.71. The summed E-state index contributed by atoms with van der Waals surface area (Å²) in [7, 11) is 0. The summed E-state index contributed by atoms with van der Waals surface area (Å²) in [4.78, 5) is 1.50. The van der Waals surface area contributed by atoms with Crippen molar-refractivity contribution >= 4 is 11.8 Å². The first-order valence-corrected chi connectivity index (χ1v) is 7.18. The van der Waals surface area contributed by atoms with Crippen LogP contribution in [0, 0.1) is 0 Å². The lowest BCUT2D eigenvalue weighted by Crippen LogP contribution is -2.41. The molecule has 86 valence electrons. The molecule has 3 rings (SSSR count). The van der Waals surface area contributed by atoms with Crippen molar-refractivity contribution in [1.82, 2.24) is 0 Å². The van der Waals surface area contributed by atoms with E-state index in [1.165, 1.54) is 42.6 Å². The zero-order valence-corrected chi connectivity index (χ0v) is 10.4. The van der Waals surface area contributed by atoms with E-state index < -0.39 is 0 Å². The number of hydrogen-bond donors (Lipinski definition) is 1. The molecule has 0 amide bonds. The van der Waals surface area contributed by atoms with Gasteiger partial charge in [-0.15, -0.1) is 11.8 Å². The molecule has 0 saturated heterocycles. The standard InChI is InChI=1S/C14H19NS/c15-10-14(8-3-9-14)12-4-1-2-5-13(12)16-11-6-7-11/h1-2,4-5,11H,3,6-10,15H2. The highest BCUT2D eigenvalue weighted by Gasteiger charge is 2.39. The summed E-state index contributed by atoms with van der Waals surface area (Å²) in [5, 5.41) is 0.885. The van der Waals surface area contributed by atoms with Gasteiger partial charge in [-0.1, -0.05) is 24.6 Å². The summed E-state index contributed by atoms with van der Waals surface area (Å²) in [6, 6.07) is 8.92. The van der Waals surface area contributed by atoms with Crippen molar-refractivity contribution in [3.8, 4) is 0 Å². The Kier molecular flexibility index (Phi) is 2.72. The van der Waals surface area contributed by atoms with Crippen LogP contribution in [0.2, 0.25) is 0 Å². The van der Waals surface area contributed by atoms with Crippen LogP contribution in [-0.2, 0) is 5.41 Å². The zero-order chi connectivity index (χ0) is 11.0. The monoisotopic (exact) mass is 233 g/mol. The highest BCUT2D eigenvalue weighted by Crippen LogP contribution is 2.49. The summed E-state index contributed by atoms with van der Waals surface area (Å²) in [5.41, 5.74) is 7.85. The number of hydrogen-bond acceptors (Lipinski definition) is 2. The van der Waals surface area contributed by atoms with Gasteiger partial charge >= 0.3 is 0 Å². The van der Waals surface area contributed by atoms with Crippen molar-refractivity contribution in [2.45, 2.75) is 47.7 Å². The summed E-state index contributed by atoms with van der Waals surface area (Å²) >= 11 is 2.07. The Morgan fingerprint density at radius 1 is 1.25 bits per heavy atom. The topological polar surface area (TPSA) is 26.0 Å². The molecular weight excluding hydrogens is 214 g/mol. The maximum Gasteiger partial charge on any atom is 0.0113 e. The van der Waals surface area contributed by atoms with E-state index in [1.54, 1.807) is 0 Å². The molecule has 1 aromatic rings. The third-order valence-corrected chi connectivity index (χ3v) is 5.39. The molecule has 0 bridgehead atoms. The van der Waals surface area contributed by atoms with Gasteiger partial charge in [0.15, 0.2) is 0 Å². The van der Waals surface area contributed by atoms with Gasteiger partial charge in [-0.05, 0) is 37.3 Å². The fourth-order valence-corrected chi connectivity index (χ4v) is 3.86. The molecule has 2 heteroatoms. The van der Waals surface area contributed by atoms with Crippen LogP contribution in [0.25, 0.3) is 0 Å². The van der Waals surface area contributed by atoms with Gasteiger partial charge in [0.05, 0.1) is 0 Å². The minimum atomic E-state index is 0.318. The summed E-state index contributed by atoms with van der Waals surface area (Å²) in [6.45, 7) is 0.815. The molecule has 1 nitrogen and oxygen atoms in total. The normalized spacial score (nSPS) is 22.8. The van der Waals surface area contributed by atoms with E-state index in [2.05, 4.69) is 36.0 Å². The smallest absolute Gasteiger partial charge is 0.0113 e. The molecule has 0 radical (unpaired) electrons. The predicted octanol–water partition coefficient (Wildman–Crippen LogP) is 3.32. The Bertz CT molecular complexity index is 375. The van der Waals surface area contributed by atoms with Crippen LogP contribution in [0.3, 0.4) is 0 Å². The van der Waals surface area contributed by atoms with Gasteiger partial charge in [0, 0.05) is 22.1 Å². The number of rotatable bonds is 4. The van der Waals surface area contributed by atoms with Gasteiger partial charge in [-0.2, -0.15) is 0 Å². The molecule has 0 spiro atoms. The van der Waals surface area contributed by atoms with Crippen LogP contribution in [0.15, 0.2) is 29.2 Å². The van der Waals surface area contributed by atoms with Crippen LogP contribution in [-0.4, -0.2) is 11.8 Å². The van der Waals surface area contributed by atoms with Crippen LogP contribution >= 0.6 is 11.8 Å². The molecule has 1 aromatic carbocycles. The second-order valence-corrected chi connectivity index (χ2v) is 6.49. The van der Waals surface area contributed by atoms with Crippen LogP contribution in [0.4, 0.5) is 0 Å². The SMILES string of the molecule is NCC1(c2ccccc2SC2CC2)CCC1. The van der Waals surface area contributed by atoms with E-state index in [4.69, 9.17) is 5.73 Å². The molecular formula is C14H19NS. The third kappa shape index (κ3) is 1.78. The molecule has 0 aliphatic heterocycles. The van der Waals surface area contributed by atoms with E-state index in [9.17, 15) is 0 Å². The van der Waals surface area contributed by atoms with Crippen molar-refractivity contribution in [3.05, 3.63) is 29.8 Å². The predicted molar refractivity (Wildman–Crippen MR) is 69.9 cm³/mol. The second kappa shape index (κ2) is 4.08. The average molecular weight is 233 g/mol. The fourth-order valence-electron chi connectivity index (χ4n) is 2.56. The Hall–Kier alpha value is -0.470. The van der Waals surface area contributed by atoms with Crippen LogP contribution in [0.1, 0.15) is 37.7 Å². The second-order valence-electron chi connectivity index (χ2n) is 5.15. The molecule has 2 N–H and O–H groups in total. The highest BCUT2D eigenvalue weighted by molar-refractivity contribution is 8.00. The van der Waals surface area contributed by atoms with Crippen molar-refractivity contribution in [2.75, 3.05) is 6.54 Å². The Morgan fingerprint density at radius 2 is 2.00 bits per heavy atom. The van der Waals surface area contributed by atoms with Crippen molar-refractivity contribution < 1.29 is 0 Å². The van der Waals surface area contributed by atoms with E-state index in [-0.39, 0.29) is 0 Å². The molecule has 0 unspecified atom stereocenters. The first-order valence-electron chi connectivity index (χ1n) is 6.30. The van der Waals surface area contributed by atoms with Gasteiger partial charge in [-0.3, -0.25) is 0 Å². The number of nitrogens with two attached hydrogens (primary N) is 1. The molecule has 0 aromatic heterocycles. The van der Waals surface area contributed by atoms with Crippen LogP contribution < -0.4 is 5.73 Å². The molecule has 16 heavy (non-hydrogen) atoms. The molecule has 2 aliphatic carbocycles. The van der Waals surface area contributed by atoms with Gasteiger partial charge in [-0.25, -0.2) is 0 Å². The Balaban J connectivity index is 1.91. The largest absolute Gasteiger partial charge is 0.330 e. The van der Waals surface area contributed by atoms with E-state index >= 15 is 0 Å². The average Bonchev–Trinajstić information content (AvgIpc) is 3.04. The number of benzene rings is 1. The highest BCUT2D eigenvalue weighted by atomic mass is 32.2. The zero-order valence-electron chi connectivity index (χ0n) is 9.61. The maximum absolute atomic E-state index is 6.01. The lowest BCUT2D eigenvalue weighted by atomic mass is 9.64. The van der Waals surface area contributed by atoms with E-state index in [1.807, 2.05) is 0 Å². The maximum atomic E-state index is 6.01. The van der Waals surface area contributed by atoms with Crippen molar-refractivity contribution in [2.24, 2.45) is 5.73 Å². The first-order chi connectivity index (χ1) is 7.84. The molecule has 2 aliphatic rings. The van der Waals surface area contributed by atoms with Crippen molar-refractivity contribution in [3.63, 3.8) is 0 Å². The molecule has 0 heterocycles. The Labute approximate surface area is 102 Å². The van der Waals surface area contributed by atoms with Gasteiger partial charge in [0.1, 0.15) is 0 Å². The third-order valence-electron chi connectivity index (χ3n) is 3.98. The lowest BCUT2D eigenvalue weighted by Gasteiger charge is -2.42. The van der Waals surface area contributed by atoms with Gasteiger partial charge in [0.25, 0.3) is 0 Å². The van der Waals surface area contributed by atoms with Crippen LogP contribution in [0.5, 0.6) is 0 Å². The van der Waals surface area contributed by atoms with E-state index in [0.717, 1.165) is 11.8 Å². The minimum absolute atomic E-state index is 0.318. The molecule has 2 fully saturated rings. The van der Waals surface area contributed by atoms with Gasteiger partial charge in [0.2, 0.25) is 0 Å². The van der Waals surface area contributed by atoms with Crippen molar-refractivity contribution in [1.29, 1.82) is 0 Å². The lowest BCUT2D eigenvalue weighted by molar-refractivity contribution is 0.249. The fraction of sp³-hybridized carbons (Fsp3) is 0.571. The number of thioether (sulfide) groups is 1. The van der Waals surface area contributed by atoms with E-state index in [0.29, 0.717) is 5.41 Å². The van der Waals surface area contributed by atoms with Gasteiger partial charge < -0.3 is 5.73 Å². The quantitative estimate of drug-likeness (QED) is 0.863. The first kappa shape index (κ1) is 10.7.